The number of hydrogen-bond donors (Lipinski definition) is 1. The molecule has 0 aliphatic rings. The van der Waals surface area contributed by atoms with Crippen molar-refractivity contribution >= 4 is 29.1 Å². The molecule has 4 nitrogen and oxygen atoms in total. The number of rotatable bonds is 4. The Kier molecular flexibility index (Phi) is 3.92. The number of hydrogen-bond acceptors (Lipinski definition) is 5. The van der Waals surface area contributed by atoms with Gasteiger partial charge in [0.1, 0.15) is 0 Å². The van der Waals surface area contributed by atoms with Gasteiger partial charge in [-0.05, 0) is 6.92 Å². The van der Waals surface area contributed by atoms with Gasteiger partial charge < -0.3 is 5.11 Å². The summed E-state index contributed by atoms with van der Waals surface area (Å²) in [6.45, 7) is 1.78. The Balaban J connectivity index is 2.60. The highest BCUT2D eigenvalue weighted by Gasteiger charge is 2.09. The number of aromatic nitrogens is 1. The lowest BCUT2D eigenvalue weighted by molar-refractivity contribution is -0.136. The molecule has 14 heavy (non-hydrogen) atoms. The third-order valence-electron chi connectivity index (χ3n) is 1.32. The molecule has 1 aromatic rings. The van der Waals surface area contributed by atoms with Gasteiger partial charge in [0.05, 0.1) is 23.4 Å². The van der Waals surface area contributed by atoms with E-state index in [2.05, 4.69) is 11.1 Å². The SMILES string of the molecule is CC(C#N)Sc1nc(CC(=O)O)cs1. The monoisotopic (exact) mass is 228 g/mol. The second-order valence-electron chi connectivity index (χ2n) is 2.56. The fourth-order valence-corrected chi connectivity index (χ4v) is 2.62. The lowest BCUT2D eigenvalue weighted by atomic mass is 10.3. The summed E-state index contributed by atoms with van der Waals surface area (Å²) >= 11 is 2.72. The van der Waals surface area contributed by atoms with Crippen molar-refractivity contribution in [2.24, 2.45) is 0 Å². The van der Waals surface area contributed by atoms with E-state index in [1.807, 2.05) is 0 Å². The Morgan fingerprint density at radius 3 is 3.21 bits per heavy atom. The van der Waals surface area contributed by atoms with Gasteiger partial charge in [-0.2, -0.15) is 5.26 Å². The molecule has 0 aliphatic carbocycles. The smallest absolute Gasteiger partial charge is 0.309 e. The topological polar surface area (TPSA) is 74.0 Å². The molecule has 6 heteroatoms. The van der Waals surface area contributed by atoms with Gasteiger partial charge in [0, 0.05) is 5.38 Å². The Morgan fingerprint density at radius 1 is 1.93 bits per heavy atom. The van der Waals surface area contributed by atoms with E-state index in [1.54, 1.807) is 12.3 Å². The van der Waals surface area contributed by atoms with Crippen molar-refractivity contribution in [1.29, 1.82) is 5.26 Å². The quantitative estimate of drug-likeness (QED) is 0.795. The molecule has 1 N–H and O–H groups in total. The molecule has 0 amide bonds. The van der Waals surface area contributed by atoms with Gasteiger partial charge in [-0.1, -0.05) is 11.8 Å². The molecule has 0 radical (unpaired) electrons. The van der Waals surface area contributed by atoms with E-state index in [0.29, 0.717) is 5.69 Å². The van der Waals surface area contributed by atoms with Crippen LogP contribution in [0, 0.1) is 11.3 Å². The van der Waals surface area contributed by atoms with Crippen LogP contribution in [0.25, 0.3) is 0 Å². The van der Waals surface area contributed by atoms with E-state index in [0.717, 1.165) is 4.34 Å². The zero-order valence-electron chi connectivity index (χ0n) is 7.43. The Labute approximate surface area is 89.6 Å². The van der Waals surface area contributed by atoms with Crippen molar-refractivity contribution in [1.82, 2.24) is 4.98 Å². The molecule has 0 aliphatic heterocycles. The van der Waals surface area contributed by atoms with Crippen LogP contribution in [0.3, 0.4) is 0 Å². The fraction of sp³-hybridized carbons (Fsp3) is 0.375. The summed E-state index contributed by atoms with van der Waals surface area (Å²) in [6, 6.07) is 2.08. The molecule has 1 rings (SSSR count). The predicted octanol–water partition coefficient (Wildman–Crippen LogP) is 1.77. The molecule has 0 fully saturated rings. The molecule has 1 aromatic heterocycles. The molecule has 0 bridgehead atoms. The molecule has 1 unspecified atom stereocenters. The van der Waals surface area contributed by atoms with E-state index in [4.69, 9.17) is 10.4 Å². The minimum absolute atomic E-state index is 0.0575. The van der Waals surface area contributed by atoms with Crippen molar-refractivity contribution in [3.05, 3.63) is 11.1 Å². The lowest BCUT2D eigenvalue weighted by Crippen LogP contribution is -2.00. The molecule has 0 saturated heterocycles. The number of thioether (sulfide) groups is 1. The molecular formula is C8H8N2O2S2. The minimum Gasteiger partial charge on any atom is -0.481 e. The van der Waals surface area contributed by atoms with Crippen LogP contribution in [0.4, 0.5) is 0 Å². The second-order valence-corrected chi connectivity index (χ2v) is 5.01. The molecule has 0 saturated carbocycles. The van der Waals surface area contributed by atoms with E-state index in [1.165, 1.54) is 23.1 Å². The molecule has 0 aromatic carbocycles. The highest BCUT2D eigenvalue weighted by atomic mass is 32.2. The van der Waals surface area contributed by atoms with Crippen LogP contribution < -0.4 is 0 Å². The number of aliphatic carboxylic acids is 1. The Hall–Kier alpha value is -1.06. The van der Waals surface area contributed by atoms with Gasteiger partial charge in [-0.25, -0.2) is 4.98 Å². The van der Waals surface area contributed by atoms with Gasteiger partial charge in [0.2, 0.25) is 0 Å². The Bertz CT molecular complexity index is 370. The zero-order chi connectivity index (χ0) is 10.6. The molecule has 0 spiro atoms. The van der Waals surface area contributed by atoms with Crippen molar-refractivity contribution in [2.45, 2.75) is 22.9 Å². The maximum Gasteiger partial charge on any atom is 0.309 e. The van der Waals surface area contributed by atoms with E-state index in [9.17, 15) is 4.79 Å². The first kappa shape index (κ1) is 11.0. The van der Waals surface area contributed by atoms with Crippen molar-refractivity contribution in [3.8, 4) is 6.07 Å². The number of nitrogens with zero attached hydrogens (tertiary/aromatic N) is 2. The highest BCUT2D eigenvalue weighted by molar-refractivity contribution is 8.01. The van der Waals surface area contributed by atoms with E-state index in [-0.39, 0.29) is 11.7 Å². The zero-order valence-corrected chi connectivity index (χ0v) is 9.06. The third kappa shape index (κ3) is 3.36. The van der Waals surface area contributed by atoms with Gasteiger partial charge in [-0.15, -0.1) is 11.3 Å². The third-order valence-corrected chi connectivity index (χ3v) is 3.33. The average molecular weight is 228 g/mol. The van der Waals surface area contributed by atoms with Gasteiger partial charge in [-0.3, -0.25) is 4.79 Å². The van der Waals surface area contributed by atoms with Crippen molar-refractivity contribution < 1.29 is 9.90 Å². The Morgan fingerprint density at radius 2 is 2.64 bits per heavy atom. The minimum atomic E-state index is -0.889. The highest BCUT2D eigenvalue weighted by Crippen LogP contribution is 2.26. The number of carboxylic acids is 1. The normalized spacial score (nSPS) is 12.0. The lowest BCUT2D eigenvalue weighted by Gasteiger charge is -1.95. The maximum absolute atomic E-state index is 10.4. The van der Waals surface area contributed by atoms with E-state index < -0.39 is 5.97 Å². The summed E-state index contributed by atoms with van der Waals surface area (Å²) < 4.78 is 0.746. The predicted molar refractivity (Wildman–Crippen MR) is 54.4 cm³/mol. The standard InChI is InChI=1S/C8H8N2O2S2/c1-5(3-9)14-8-10-6(4-13-8)2-7(11)12/h4-5H,2H2,1H3,(H,11,12). The molecular weight excluding hydrogens is 220 g/mol. The maximum atomic E-state index is 10.4. The van der Waals surface area contributed by atoms with Crippen molar-refractivity contribution in [3.63, 3.8) is 0 Å². The number of carboxylic acid groups (broad SMARTS) is 1. The second kappa shape index (κ2) is 4.98. The first-order chi connectivity index (χ1) is 6.61. The van der Waals surface area contributed by atoms with Crippen LogP contribution in [-0.4, -0.2) is 21.3 Å². The van der Waals surface area contributed by atoms with Crippen LogP contribution in [0.1, 0.15) is 12.6 Å². The first-order valence-electron chi connectivity index (χ1n) is 3.84. The molecule has 1 atom stereocenters. The number of nitriles is 1. The van der Waals surface area contributed by atoms with E-state index >= 15 is 0 Å². The van der Waals surface area contributed by atoms with Gasteiger partial charge in [0.25, 0.3) is 0 Å². The van der Waals surface area contributed by atoms with Gasteiger partial charge in [0.15, 0.2) is 4.34 Å². The van der Waals surface area contributed by atoms with Crippen molar-refractivity contribution in [2.75, 3.05) is 0 Å². The van der Waals surface area contributed by atoms with Crippen LogP contribution in [0.15, 0.2) is 9.72 Å². The summed E-state index contributed by atoms with van der Waals surface area (Å²) in [5.41, 5.74) is 0.551. The number of carbonyl (C=O) groups is 1. The average Bonchev–Trinajstić information content (AvgIpc) is 2.51. The summed E-state index contributed by atoms with van der Waals surface area (Å²) in [4.78, 5) is 14.4. The summed E-state index contributed by atoms with van der Waals surface area (Å²) in [7, 11) is 0. The van der Waals surface area contributed by atoms with Crippen LogP contribution in [-0.2, 0) is 11.2 Å². The molecule has 74 valence electrons. The fourth-order valence-electron chi connectivity index (χ4n) is 0.756. The summed E-state index contributed by atoms with van der Waals surface area (Å²) in [6.07, 6.45) is -0.0575. The van der Waals surface area contributed by atoms with Crippen LogP contribution >= 0.6 is 23.1 Å². The van der Waals surface area contributed by atoms with Crippen LogP contribution in [0.5, 0.6) is 0 Å². The molecule has 1 heterocycles. The van der Waals surface area contributed by atoms with Crippen LogP contribution in [0.2, 0.25) is 0 Å². The first-order valence-corrected chi connectivity index (χ1v) is 5.60. The summed E-state index contributed by atoms with van der Waals surface area (Å²) in [5, 5.41) is 18.6. The van der Waals surface area contributed by atoms with Gasteiger partial charge >= 0.3 is 5.97 Å². The largest absolute Gasteiger partial charge is 0.481 e. The number of thiazole rings is 1. The summed E-state index contributed by atoms with van der Waals surface area (Å²) in [5.74, 6) is -0.889.